The highest BCUT2D eigenvalue weighted by atomic mass is 14.1. The summed E-state index contributed by atoms with van der Waals surface area (Å²) in [5, 5.41) is 0. The minimum absolute atomic E-state index is 0.400. The van der Waals surface area contributed by atoms with Crippen molar-refractivity contribution in [2.75, 3.05) is 0 Å². The lowest BCUT2D eigenvalue weighted by Crippen LogP contribution is -1.95. The van der Waals surface area contributed by atoms with Gasteiger partial charge in [0.15, 0.2) is 0 Å². The van der Waals surface area contributed by atoms with E-state index in [1.54, 1.807) is 0 Å². The van der Waals surface area contributed by atoms with Crippen molar-refractivity contribution in [3.05, 3.63) is 42.4 Å². The van der Waals surface area contributed by atoms with E-state index in [0.29, 0.717) is 5.92 Å². The summed E-state index contributed by atoms with van der Waals surface area (Å²) in [5.74, 6) is 0.400. The summed E-state index contributed by atoms with van der Waals surface area (Å²) in [6.07, 6.45) is 4.12. The third-order valence-electron chi connectivity index (χ3n) is 1.78. The zero-order valence-electron chi connectivity index (χ0n) is 8.65. The van der Waals surface area contributed by atoms with E-state index >= 15 is 0 Å². The van der Waals surface area contributed by atoms with Crippen molar-refractivity contribution in [3.8, 4) is 0 Å². The molecule has 0 bridgehead atoms. The van der Waals surface area contributed by atoms with Crippen molar-refractivity contribution < 1.29 is 0 Å². The van der Waals surface area contributed by atoms with Crippen LogP contribution in [0.15, 0.2) is 35.5 Å². The first-order valence-electron chi connectivity index (χ1n) is 4.29. The monoisotopic (exact) mass is 163 g/mol. The predicted octanol–water partition coefficient (Wildman–Crippen LogP) is 3.93. The Morgan fingerprint density at radius 3 is 2.00 bits per heavy atom. The molecule has 0 fully saturated rings. The molecular weight excluding hydrogens is 144 g/mol. The second kappa shape index (κ2) is 4.97. The van der Waals surface area contributed by atoms with Crippen LogP contribution in [0, 0.1) is 12.8 Å². The van der Waals surface area contributed by atoms with Gasteiger partial charge in [-0.1, -0.05) is 30.2 Å². The Kier molecular flexibility index (Phi) is 4.65. The van der Waals surface area contributed by atoms with Gasteiger partial charge in [-0.15, -0.1) is 6.58 Å². The van der Waals surface area contributed by atoms with E-state index in [0.717, 1.165) is 5.57 Å². The average Bonchev–Trinajstić information content (AvgIpc) is 1.98. The molecule has 0 N–H and O–H groups in total. The Hall–Kier alpha value is -0.780. The van der Waals surface area contributed by atoms with Gasteiger partial charge < -0.3 is 0 Å². The van der Waals surface area contributed by atoms with E-state index in [4.69, 9.17) is 0 Å². The number of allylic oxidation sites excluding steroid dienone is 5. The molecule has 0 spiro atoms. The molecule has 0 saturated carbocycles. The van der Waals surface area contributed by atoms with Gasteiger partial charge in [0.25, 0.3) is 0 Å². The highest BCUT2D eigenvalue weighted by Crippen LogP contribution is 2.18. The van der Waals surface area contributed by atoms with E-state index in [-0.39, 0.29) is 0 Å². The minimum atomic E-state index is 0.400. The molecule has 67 valence electrons. The Balaban J connectivity index is 4.83. The van der Waals surface area contributed by atoms with Gasteiger partial charge in [-0.3, -0.25) is 0 Å². The maximum absolute atomic E-state index is 3.95. The lowest BCUT2D eigenvalue weighted by Gasteiger charge is -2.10. The zero-order chi connectivity index (χ0) is 9.72. The second-order valence-electron chi connectivity index (χ2n) is 3.48. The van der Waals surface area contributed by atoms with Crippen LogP contribution in [0.25, 0.3) is 0 Å². The van der Waals surface area contributed by atoms with Crippen molar-refractivity contribution in [1.29, 1.82) is 0 Å². The maximum Gasteiger partial charge on any atom is -0.00137 e. The molecule has 0 aromatic rings. The Morgan fingerprint density at radius 1 is 1.25 bits per heavy atom. The molecule has 0 aliphatic rings. The first kappa shape index (κ1) is 11.2. The van der Waals surface area contributed by atoms with Crippen LogP contribution in [0.1, 0.15) is 27.7 Å². The van der Waals surface area contributed by atoms with Crippen molar-refractivity contribution in [3.63, 3.8) is 0 Å². The summed E-state index contributed by atoms with van der Waals surface area (Å²) in [6, 6.07) is 0. The van der Waals surface area contributed by atoms with E-state index in [2.05, 4.69) is 40.3 Å². The molecule has 0 aliphatic carbocycles. The summed E-state index contributed by atoms with van der Waals surface area (Å²) in [5.41, 5.74) is 3.72. The van der Waals surface area contributed by atoms with Gasteiger partial charge in [-0.2, -0.15) is 0 Å². The van der Waals surface area contributed by atoms with Gasteiger partial charge in [0.2, 0.25) is 0 Å². The average molecular weight is 163 g/mol. The molecule has 1 radical (unpaired) electrons. The van der Waals surface area contributed by atoms with E-state index in [1.165, 1.54) is 11.1 Å². The molecule has 0 amide bonds. The standard InChI is InChI=1S/C12H19/c1-7-11(6)12(10(4)5)8-9(2)3/h7-8,11H,1,4H2,2-3,5-6H3. The van der Waals surface area contributed by atoms with E-state index < -0.39 is 0 Å². The highest BCUT2D eigenvalue weighted by molar-refractivity contribution is 5.32. The number of hydrogen-bond donors (Lipinski definition) is 0. The van der Waals surface area contributed by atoms with Gasteiger partial charge >= 0.3 is 0 Å². The fourth-order valence-corrected chi connectivity index (χ4v) is 1.08. The van der Waals surface area contributed by atoms with Crippen LogP contribution in [0.3, 0.4) is 0 Å². The molecule has 0 heteroatoms. The molecule has 12 heavy (non-hydrogen) atoms. The SMILES string of the molecule is [CH2]C(C)=C(C=C(C)C)C(C)C=C. The summed E-state index contributed by atoms with van der Waals surface area (Å²) in [4.78, 5) is 0. The Morgan fingerprint density at radius 2 is 1.75 bits per heavy atom. The highest BCUT2D eigenvalue weighted by Gasteiger charge is 2.02. The van der Waals surface area contributed by atoms with Crippen LogP contribution in [-0.2, 0) is 0 Å². The molecular formula is C12H19. The van der Waals surface area contributed by atoms with Crippen molar-refractivity contribution in [2.45, 2.75) is 27.7 Å². The summed E-state index contributed by atoms with van der Waals surface area (Å²) < 4.78 is 0. The molecule has 0 heterocycles. The lowest BCUT2D eigenvalue weighted by molar-refractivity contribution is 0.879. The van der Waals surface area contributed by atoms with E-state index in [1.807, 2.05) is 13.0 Å². The second-order valence-corrected chi connectivity index (χ2v) is 3.48. The van der Waals surface area contributed by atoms with Gasteiger partial charge in [0.05, 0.1) is 0 Å². The first-order chi connectivity index (χ1) is 5.49. The zero-order valence-corrected chi connectivity index (χ0v) is 8.65. The van der Waals surface area contributed by atoms with Gasteiger partial charge in [-0.05, 0) is 39.2 Å². The Labute approximate surface area is 76.7 Å². The van der Waals surface area contributed by atoms with Crippen LogP contribution in [0.5, 0.6) is 0 Å². The van der Waals surface area contributed by atoms with Crippen LogP contribution in [0.4, 0.5) is 0 Å². The van der Waals surface area contributed by atoms with Crippen LogP contribution in [0.2, 0.25) is 0 Å². The fourth-order valence-electron chi connectivity index (χ4n) is 1.08. The van der Waals surface area contributed by atoms with Crippen molar-refractivity contribution in [2.24, 2.45) is 5.92 Å². The number of hydrogen-bond acceptors (Lipinski definition) is 0. The molecule has 0 aromatic carbocycles. The maximum atomic E-state index is 3.95. The van der Waals surface area contributed by atoms with Crippen molar-refractivity contribution in [1.82, 2.24) is 0 Å². The summed E-state index contributed by atoms with van der Waals surface area (Å²) in [6.45, 7) is 16.1. The van der Waals surface area contributed by atoms with E-state index in [9.17, 15) is 0 Å². The molecule has 1 atom stereocenters. The molecule has 0 rings (SSSR count). The van der Waals surface area contributed by atoms with Gasteiger partial charge in [0, 0.05) is 0 Å². The molecule has 0 nitrogen and oxygen atoms in total. The van der Waals surface area contributed by atoms with Crippen LogP contribution < -0.4 is 0 Å². The topological polar surface area (TPSA) is 0 Å². The molecule has 0 aromatic heterocycles. The molecule has 0 aliphatic heterocycles. The van der Waals surface area contributed by atoms with Gasteiger partial charge in [-0.25, -0.2) is 0 Å². The first-order valence-corrected chi connectivity index (χ1v) is 4.29. The largest absolute Gasteiger partial charge is 0.102 e. The molecule has 1 unspecified atom stereocenters. The summed E-state index contributed by atoms with van der Waals surface area (Å²) in [7, 11) is 0. The van der Waals surface area contributed by atoms with Gasteiger partial charge in [0.1, 0.15) is 0 Å². The fraction of sp³-hybridized carbons (Fsp3) is 0.417. The summed E-state index contributed by atoms with van der Waals surface area (Å²) >= 11 is 0. The lowest BCUT2D eigenvalue weighted by atomic mass is 9.95. The smallest absolute Gasteiger partial charge is 0.00137 e. The Bertz CT molecular complexity index is 208. The van der Waals surface area contributed by atoms with Crippen LogP contribution in [-0.4, -0.2) is 0 Å². The normalized spacial score (nSPS) is 14.8. The molecule has 0 saturated heterocycles. The number of rotatable bonds is 3. The minimum Gasteiger partial charge on any atom is -0.102 e. The van der Waals surface area contributed by atoms with Crippen molar-refractivity contribution >= 4 is 0 Å². The third-order valence-corrected chi connectivity index (χ3v) is 1.78. The van der Waals surface area contributed by atoms with Crippen LogP contribution >= 0.6 is 0 Å². The quantitative estimate of drug-likeness (QED) is 0.437. The third kappa shape index (κ3) is 3.56. The predicted molar refractivity (Wildman–Crippen MR) is 56.8 cm³/mol.